The zero-order valence-electron chi connectivity index (χ0n) is 24.1. The summed E-state index contributed by atoms with van der Waals surface area (Å²) in [5.41, 5.74) is -2.79. The molecule has 3 heterocycles. The zero-order valence-corrected chi connectivity index (χ0v) is 24.1. The van der Waals surface area contributed by atoms with Gasteiger partial charge in [-0.05, 0) is 45.4 Å². The number of rotatable bonds is 5. The number of hydrogen-bond donors (Lipinski definition) is 0. The number of esters is 2. The van der Waals surface area contributed by atoms with E-state index in [-0.39, 0.29) is 5.97 Å². The number of carbonyl (C=O) groups excluding carboxylic acids is 2. The van der Waals surface area contributed by atoms with Crippen LogP contribution in [0, 0.1) is 10.8 Å². The summed E-state index contributed by atoms with van der Waals surface area (Å²) in [7, 11) is 0. The van der Waals surface area contributed by atoms with Gasteiger partial charge < -0.3 is 33.2 Å². The van der Waals surface area contributed by atoms with E-state index < -0.39 is 70.6 Å². The molecule has 0 aromatic carbocycles. The van der Waals surface area contributed by atoms with Crippen LogP contribution in [0.15, 0.2) is 12.7 Å². The van der Waals surface area contributed by atoms with Crippen LogP contribution in [0.2, 0.25) is 0 Å². The van der Waals surface area contributed by atoms with E-state index in [0.717, 1.165) is 64.2 Å². The second-order valence-corrected chi connectivity index (χ2v) is 13.9. The molecule has 0 radical (unpaired) electrons. The standard InChI is InChI=1S/C31H44O9/c1-5-18-34-19-21-23(38-29(36-21)12-8-6-9-13-29)20(24-22(19)37-30(39-24)14-10-7-11-15-30)35-26(33)31-17-16-28(4,25(32)40-31)27(31,2)3/h5,19-24H,1,6-18H2,2-4H3/t19?,20?,21-,22-,23-,24+,28+,31-/m1/s1. The van der Waals surface area contributed by atoms with Crippen molar-refractivity contribution < 1.29 is 42.7 Å². The lowest BCUT2D eigenvalue weighted by Gasteiger charge is -2.43. The minimum absolute atomic E-state index is 0.332. The van der Waals surface area contributed by atoms with Crippen molar-refractivity contribution in [3.05, 3.63) is 12.7 Å². The summed E-state index contributed by atoms with van der Waals surface area (Å²) in [4.78, 5) is 27.2. The largest absolute Gasteiger partial charge is 0.454 e. The third-order valence-corrected chi connectivity index (χ3v) is 11.6. The summed E-state index contributed by atoms with van der Waals surface area (Å²) in [5.74, 6) is -2.33. The number of hydrogen-bond acceptors (Lipinski definition) is 9. The Bertz CT molecular complexity index is 1020. The van der Waals surface area contributed by atoms with Crippen LogP contribution < -0.4 is 0 Å². The van der Waals surface area contributed by atoms with Gasteiger partial charge >= 0.3 is 11.9 Å². The Morgan fingerprint density at radius 3 is 1.73 bits per heavy atom. The fourth-order valence-electron chi connectivity index (χ4n) is 8.78. The zero-order chi connectivity index (χ0) is 28.0. The van der Waals surface area contributed by atoms with Gasteiger partial charge in [-0.25, -0.2) is 4.79 Å². The maximum absolute atomic E-state index is 14.2. The molecule has 9 nitrogen and oxygen atoms in total. The van der Waals surface area contributed by atoms with E-state index in [0.29, 0.717) is 19.4 Å². The Morgan fingerprint density at radius 1 is 0.800 bits per heavy atom. The molecule has 4 saturated carbocycles. The van der Waals surface area contributed by atoms with Crippen LogP contribution in [-0.2, 0) is 42.7 Å². The average molecular weight is 561 g/mol. The molecule has 2 unspecified atom stereocenters. The maximum atomic E-state index is 14.2. The van der Waals surface area contributed by atoms with Crippen molar-refractivity contribution in [2.45, 2.75) is 152 Å². The van der Waals surface area contributed by atoms with Crippen molar-refractivity contribution in [3.8, 4) is 0 Å². The Kier molecular flexibility index (Phi) is 6.31. The van der Waals surface area contributed by atoms with Gasteiger partial charge in [-0.15, -0.1) is 6.58 Å². The Labute approximate surface area is 236 Å². The van der Waals surface area contributed by atoms with E-state index >= 15 is 0 Å². The monoisotopic (exact) mass is 560 g/mol. The van der Waals surface area contributed by atoms with Gasteiger partial charge in [0.25, 0.3) is 0 Å². The maximum Gasteiger partial charge on any atom is 0.351 e. The summed E-state index contributed by atoms with van der Waals surface area (Å²) in [6, 6.07) is 0. The first-order valence-electron chi connectivity index (χ1n) is 15.5. The molecule has 3 aliphatic heterocycles. The number of ether oxygens (including phenoxy) is 7. The molecular weight excluding hydrogens is 516 g/mol. The lowest BCUT2D eigenvalue weighted by Crippen LogP contribution is -2.64. The first-order chi connectivity index (χ1) is 19.1. The molecule has 0 aromatic heterocycles. The lowest BCUT2D eigenvalue weighted by atomic mass is 9.66. The van der Waals surface area contributed by atoms with Gasteiger partial charge in [0.05, 0.1) is 12.0 Å². The number of fused-ring (bicyclic) bond motifs is 4. The quantitative estimate of drug-likeness (QED) is 0.356. The van der Waals surface area contributed by atoms with E-state index in [1.165, 1.54) is 0 Å². The van der Waals surface area contributed by atoms with Gasteiger partial charge in [0.1, 0.15) is 30.5 Å². The van der Waals surface area contributed by atoms with Crippen LogP contribution in [0.4, 0.5) is 0 Å². The van der Waals surface area contributed by atoms with Gasteiger partial charge in [-0.3, -0.25) is 4.79 Å². The second-order valence-electron chi connectivity index (χ2n) is 13.9. The van der Waals surface area contributed by atoms with Crippen LogP contribution in [0.1, 0.15) is 97.8 Å². The normalized spacial score (nSPS) is 45.7. The highest BCUT2D eigenvalue weighted by atomic mass is 16.8. The molecule has 3 saturated heterocycles. The van der Waals surface area contributed by atoms with Crippen LogP contribution in [0.3, 0.4) is 0 Å². The molecule has 9 heteroatoms. The molecule has 7 aliphatic rings. The van der Waals surface area contributed by atoms with Crippen molar-refractivity contribution >= 4 is 11.9 Å². The van der Waals surface area contributed by atoms with E-state index in [1.54, 1.807) is 6.08 Å². The molecule has 2 bridgehead atoms. The minimum Gasteiger partial charge on any atom is -0.454 e. The highest BCUT2D eigenvalue weighted by molar-refractivity contribution is 5.93. The molecule has 7 rings (SSSR count). The van der Waals surface area contributed by atoms with Gasteiger partial charge in [-0.1, -0.05) is 32.8 Å². The van der Waals surface area contributed by atoms with Crippen molar-refractivity contribution in [2.24, 2.45) is 10.8 Å². The van der Waals surface area contributed by atoms with Gasteiger partial charge in [0, 0.05) is 31.1 Å². The molecule has 0 N–H and O–H groups in total. The summed E-state index contributed by atoms with van der Waals surface area (Å²) in [6.07, 6.45) is 8.76. The molecule has 40 heavy (non-hydrogen) atoms. The first kappa shape index (κ1) is 27.3. The van der Waals surface area contributed by atoms with E-state index in [4.69, 9.17) is 33.2 Å². The third kappa shape index (κ3) is 3.63. The Morgan fingerprint density at radius 2 is 1.30 bits per heavy atom. The van der Waals surface area contributed by atoms with Gasteiger partial charge in [-0.2, -0.15) is 0 Å². The Balaban J connectivity index is 1.24. The van der Waals surface area contributed by atoms with E-state index in [2.05, 4.69) is 6.58 Å². The molecule has 7 fully saturated rings. The summed E-state index contributed by atoms with van der Waals surface area (Å²) in [5, 5.41) is 0. The smallest absolute Gasteiger partial charge is 0.351 e. The predicted octanol–water partition coefficient (Wildman–Crippen LogP) is 4.49. The second kappa shape index (κ2) is 9.24. The summed E-state index contributed by atoms with van der Waals surface area (Å²) >= 11 is 0. The summed E-state index contributed by atoms with van der Waals surface area (Å²) < 4.78 is 45.8. The van der Waals surface area contributed by atoms with Gasteiger partial charge in [0.15, 0.2) is 17.7 Å². The lowest BCUT2D eigenvalue weighted by molar-refractivity contribution is -0.231. The summed E-state index contributed by atoms with van der Waals surface area (Å²) in [6.45, 7) is 9.96. The molecule has 0 amide bonds. The van der Waals surface area contributed by atoms with Crippen LogP contribution in [0.25, 0.3) is 0 Å². The topological polar surface area (TPSA) is 98.8 Å². The minimum atomic E-state index is -1.34. The average Bonchev–Trinajstić information content (AvgIpc) is 3.58. The van der Waals surface area contributed by atoms with Crippen LogP contribution in [-0.4, -0.2) is 72.3 Å². The van der Waals surface area contributed by atoms with Gasteiger partial charge in [0.2, 0.25) is 5.60 Å². The highest BCUT2D eigenvalue weighted by Crippen LogP contribution is 2.66. The van der Waals surface area contributed by atoms with Crippen molar-refractivity contribution in [2.75, 3.05) is 6.61 Å². The first-order valence-corrected chi connectivity index (χ1v) is 15.5. The van der Waals surface area contributed by atoms with Crippen LogP contribution in [0.5, 0.6) is 0 Å². The molecule has 8 atom stereocenters. The van der Waals surface area contributed by atoms with Crippen molar-refractivity contribution in [1.82, 2.24) is 0 Å². The SMILES string of the molecule is C=CCOC1[C@H]2OC3(CCCCC3)O[C@@H]2C(OC(=O)[C@@]23CC[C@@](C)(C(=O)O2)C3(C)C)[C@@H]2OC3(CCCCC3)O[C@H]12. The van der Waals surface area contributed by atoms with Crippen LogP contribution >= 0.6 is 0 Å². The molecule has 4 aliphatic carbocycles. The fraction of sp³-hybridized carbons (Fsp3) is 0.871. The van der Waals surface area contributed by atoms with E-state index in [9.17, 15) is 9.59 Å². The van der Waals surface area contributed by atoms with Crippen molar-refractivity contribution in [3.63, 3.8) is 0 Å². The number of carbonyl (C=O) groups is 2. The molecule has 222 valence electrons. The fourth-order valence-corrected chi connectivity index (χ4v) is 8.78. The molecular formula is C31H44O9. The highest BCUT2D eigenvalue weighted by Gasteiger charge is 2.77. The van der Waals surface area contributed by atoms with Crippen molar-refractivity contribution in [1.29, 1.82) is 0 Å². The molecule has 2 spiro atoms. The third-order valence-electron chi connectivity index (χ3n) is 11.6. The molecule has 0 aromatic rings. The Hall–Kier alpha value is -1.52. The van der Waals surface area contributed by atoms with E-state index in [1.807, 2.05) is 20.8 Å². The predicted molar refractivity (Wildman–Crippen MR) is 141 cm³/mol.